The van der Waals surface area contributed by atoms with Gasteiger partial charge in [-0.3, -0.25) is 4.79 Å². The molecule has 6 heteroatoms. The van der Waals surface area contributed by atoms with Gasteiger partial charge in [-0.1, -0.05) is 29.8 Å². The molecule has 0 aromatic heterocycles. The van der Waals surface area contributed by atoms with Crippen molar-refractivity contribution in [2.45, 2.75) is 20.1 Å². The van der Waals surface area contributed by atoms with Crippen LogP contribution in [-0.2, 0) is 22.7 Å². The fraction of sp³-hybridized carbons (Fsp3) is 0.316. The van der Waals surface area contributed by atoms with Gasteiger partial charge in [0.1, 0.15) is 5.75 Å². The first-order chi connectivity index (χ1) is 12.1. The molecule has 0 saturated carbocycles. The molecular formula is C19H23ClN2O3. The molecule has 5 nitrogen and oxygen atoms in total. The van der Waals surface area contributed by atoms with Crippen molar-refractivity contribution < 1.29 is 14.3 Å². The Morgan fingerprint density at radius 2 is 2.00 bits per heavy atom. The quantitative estimate of drug-likeness (QED) is 0.715. The minimum absolute atomic E-state index is 0.106. The van der Waals surface area contributed by atoms with E-state index in [-0.39, 0.29) is 12.5 Å². The summed E-state index contributed by atoms with van der Waals surface area (Å²) in [5.41, 5.74) is 2.62. The molecule has 0 fully saturated rings. The Morgan fingerprint density at radius 1 is 1.20 bits per heavy atom. The van der Waals surface area contributed by atoms with Crippen molar-refractivity contribution in [1.82, 2.24) is 5.32 Å². The molecule has 2 N–H and O–H groups in total. The van der Waals surface area contributed by atoms with Crippen molar-refractivity contribution in [2.75, 3.05) is 25.6 Å². The molecule has 0 spiro atoms. The summed E-state index contributed by atoms with van der Waals surface area (Å²) >= 11 is 6.17. The second-order valence-corrected chi connectivity index (χ2v) is 5.82. The van der Waals surface area contributed by atoms with Gasteiger partial charge in [0.15, 0.2) is 0 Å². The fourth-order valence-corrected chi connectivity index (χ4v) is 2.59. The third-order valence-corrected chi connectivity index (χ3v) is 3.90. The lowest BCUT2D eigenvalue weighted by Gasteiger charge is -2.13. The third-order valence-electron chi connectivity index (χ3n) is 3.55. The molecule has 0 bridgehead atoms. The summed E-state index contributed by atoms with van der Waals surface area (Å²) < 4.78 is 10.6. The number of hydrogen-bond donors (Lipinski definition) is 2. The maximum absolute atomic E-state index is 12.1. The first-order valence-corrected chi connectivity index (χ1v) is 8.50. The van der Waals surface area contributed by atoms with Gasteiger partial charge in [0.05, 0.1) is 19.8 Å². The van der Waals surface area contributed by atoms with E-state index >= 15 is 0 Å². The lowest BCUT2D eigenvalue weighted by Crippen LogP contribution is -2.29. The molecule has 1 amide bonds. The average molecular weight is 363 g/mol. The predicted molar refractivity (Wildman–Crippen MR) is 100 cm³/mol. The molecule has 134 valence electrons. The van der Waals surface area contributed by atoms with Crippen LogP contribution in [-0.4, -0.2) is 26.2 Å². The molecule has 0 saturated heterocycles. The van der Waals surface area contributed by atoms with Gasteiger partial charge in [-0.25, -0.2) is 0 Å². The first-order valence-electron chi connectivity index (χ1n) is 8.12. The number of benzene rings is 2. The summed E-state index contributed by atoms with van der Waals surface area (Å²) in [4.78, 5) is 12.1. The minimum atomic E-state index is -0.106. The zero-order chi connectivity index (χ0) is 18.1. The van der Waals surface area contributed by atoms with E-state index < -0.39 is 0 Å². The highest BCUT2D eigenvalue weighted by Crippen LogP contribution is 2.24. The molecular weight excluding hydrogens is 340 g/mol. The summed E-state index contributed by atoms with van der Waals surface area (Å²) in [5, 5.41) is 6.60. The molecule has 0 aliphatic rings. The van der Waals surface area contributed by atoms with Gasteiger partial charge in [0.25, 0.3) is 0 Å². The van der Waals surface area contributed by atoms with Gasteiger partial charge < -0.3 is 20.1 Å². The molecule has 0 aliphatic carbocycles. The number of hydrogen-bond acceptors (Lipinski definition) is 4. The normalized spacial score (nSPS) is 10.4. The van der Waals surface area contributed by atoms with E-state index in [1.54, 1.807) is 13.2 Å². The molecule has 2 aromatic rings. The first kappa shape index (κ1) is 19.1. The van der Waals surface area contributed by atoms with Crippen molar-refractivity contribution in [3.8, 4) is 5.75 Å². The Hall–Kier alpha value is -2.24. The van der Waals surface area contributed by atoms with Crippen LogP contribution in [0.5, 0.6) is 5.75 Å². The number of rotatable bonds is 9. The topological polar surface area (TPSA) is 59.6 Å². The number of ether oxygens (including phenoxy) is 2. The van der Waals surface area contributed by atoms with Crippen LogP contribution in [0.4, 0.5) is 5.69 Å². The maximum Gasteiger partial charge on any atom is 0.239 e. The number of carbonyl (C=O) groups excluding carboxylic acids is 1. The summed E-state index contributed by atoms with van der Waals surface area (Å²) in [6.45, 7) is 3.54. The number of carbonyl (C=O) groups is 1. The molecule has 0 heterocycles. The van der Waals surface area contributed by atoms with E-state index in [1.165, 1.54) is 0 Å². The van der Waals surface area contributed by atoms with Crippen molar-refractivity contribution >= 4 is 23.2 Å². The van der Waals surface area contributed by atoms with Crippen molar-refractivity contribution in [3.63, 3.8) is 0 Å². The number of anilines is 1. The van der Waals surface area contributed by atoms with Gasteiger partial charge >= 0.3 is 0 Å². The van der Waals surface area contributed by atoms with Crippen molar-refractivity contribution in [1.29, 1.82) is 0 Å². The summed E-state index contributed by atoms with van der Waals surface area (Å²) in [7, 11) is 1.61. The van der Waals surface area contributed by atoms with Gasteiger partial charge in [-0.15, -0.1) is 0 Å². The number of methoxy groups -OCH3 is 1. The Morgan fingerprint density at radius 3 is 2.76 bits per heavy atom. The van der Waals surface area contributed by atoms with Crippen LogP contribution < -0.4 is 15.4 Å². The molecule has 25 heavy (non-hydrogen) atoms. The Balaban J connectivity index is 1.87. The van der Waals surface area contributed by atoms with Gasteiger partial charge in [-0.2, -0.15) is 0 Å². The second-order valence-electron chi connectivity index (χ2n) is 5.41. The standard InChI is InChI=1S/C19H23ClN2O3/c1-3-25-15-7-4-6-14(10-15)11-22-19(23)12-21-18-9-5-8-17(20)16(18)13-24-2/h4-10,21H,3,11-13H2,1-2H3,(H,22,23). The SMILES string of the molecule is CCOc1cccc(CNC(=O)CNc2cccc(Cl)c2COC)c1. The lowest BCUT2D eigenvalue weighted by atomic mass is 10.2. The number of nitrogens with one attached hydrogen (secondary N) is 2. The molecule has 0 atom stereocenters. The summed E-state index contributed by atoms with van der Waals surface area (Å²) in [6.07, 6.45) is 0. The predicted octanol–water partition coefficient (Wildman–Crippen LogP) is 3.61. The number of halogens is 1. The maximum atomic E-state index is 12.1. The van der Waals surface area contributed by atoms with Crippen LogP contribution in [0.25, 0.3) is 0 Å². The Labute approximate surface area is 153 Å². The van der Waals surface area contributed by atoms with E-state index in [1.807, 2.05) is 43.3 Å². The highest BCUT2D eigenvalue weighted by molar-refractivity contribution is 6.31. The fourth-order valence-electron chi connectivity index (χ4n) is 2.37. The van der Waals surface area contributed by atoms with Gasteiger partial charge in [-0.05, 0) is 36.8 Å². The summed E-state index contributed by atoms with van der Waals surface area (Å²) in [6, 6.07) is 13.2. The molecule has 0 radical (unpaired) electrons. The van der Waals surface area contributed by atoms with E-state index in [0.29, 0.717) is 24.8 Å². The van der Waals surface area contributed by atoms with Crippen LogP contribution in [0, 0.1) is 0 Å². The Kier molecular flexibility index (Phi) is 7.57. The van der Waals surface area contributed by atoms with Crippen LogP contribution in [0.1, 0.15) is 18.1 Å². The second kappa shape index (κ2) is 9.91. The van der Waals surface area contributed by atoms with Gasteiger partial charge in [0.2, 0.25) is 5.91 Å². The van der Waals surface area contributed by atoms with Crippen LogP contribution >= 0.6 is 11.6 Å². The van der Waals surface area contributed by atoms with Gasteiger partial charge in [0, 0.05) is 29.9 Å². The smallest absolute Gasteiger partial charge is 0.239 e. The van der Waals surface area contributed by atoms with E-state index in [4.69, 9.17) is 21.1 Å². The molecule has 0 unspecified atom stereocenters. The lowest BCUT2D eigenvalue weighted by molar-refractivity contribution is -0.119. The zero-order valence-corrected chi connectivity index (χ0v) is 15.2. The highest BCUT2D eigenvalue weighted by atomic mass is 35.5. The Bertz CT molecular complexity index is 707. The molecule has 2 rings (SSSR count). The minimum Gasteiger partial charge on any atom is -0.494 e. The van der Waals surface area contributed by atoms with E-state index in [9.17, 15) is 4.79 Å². The van der Waals surface area contributed by atoms with Crippen LogP contribution in [0.3, 0.4) is 0 Å². The van der Waals surface area contributed by atoms with E-state index in [0.717, 1.165) is 22.6 Å². The zero-order valence-electron chi connectivity index (χ0n) is 14.5. The average Bonchev–Trinajstić information content (AvgIpc) is 2.61. The van der Waals surface area contributed by atoms with Crippen molar-refractivity contribution in [2.24, 2.45) is 0 Å². The monoisotopic (exact) mass is 362 g/mol. The largest absolute Gasteiger partial charge is 0.494 e. The van der Waals surface area contributed by atoms with Crippen LogP contribution in [0.2, 0.25) is 5.02 Å². The number of amides is 1. The summed E-state index contributed by atoms with van der Waals surface area (Å²) in [5.74, 6) is 0.695. The molecule has 0 aliphatic heterocycles. The van der Waals surface area contributed by atoms with Crippen LogP contribution in [0.15, 0.2) is 42.5 Å². The molecule has 2 aromatic carbocycles. The highest BCUT2D eigenvalue weighted by Gasteiger charge is 2.08. The third kappa shape index (κ3) is 5.96. The van der Waals surface area contributed by atoms with E-state index in [2.05, 4.69) is 10.6 Å². The van der Waals surface area contributed by atoms with Crippen molar-refractivity contribution in [3.05, 3.63) is 58.6 Å².